The zero-order chi connectivity index (χ0) is 17.7. The highest BCUT2D eigenvalue weighted by atomic mass is 16.2. The van der Waals surface area contributed by atoms with E-state index in [9.17, 15) is 9.59 Å². The molecule has 1 aromatic carbocycles. The Balaban J connectivity index is 1.98. The van der Waals surface area contributed by atoms with Gasteiger partial charge in [-0.2, -0.15) is 0 Å². The molecule has 1 atom stereocenters. The number of nitrogens with two attached hydrogens (primary N) is 1. The Morgan fingerprint density at radius 2 is 1.71 bits per heavy atom. The van der Waals surface area contributed by atoms with Crippen molar-refractivity contribution in [3.63, 3.8) is 0 Å². The van der Waals surface area contributed by atoms with Gasteiger partial charge in [-0.3, -0.25) is 9.59 Å². The second-order valence-electron chi connectivity index (χ2n) is 7.04. The lowest BCUT2D eigenvalue weighted by Gasteiger charge is -2.31. The molecule has 24 heavy (non-hydrogen) atoms. The van der Waals surface area contributed by atoms with Gasteiger partial charge in [0.15, 0.2) is 0 Å². The van der Waals surface area contributed by atoms with Crippen molar-refractivity contribution >= 4 is 17.5 Å². The predicted molar refractivity (Wildman–Crippen MR) is 96.9 cm³/mol. The lowest BCUT2D eigenvalue weighted by molar-refractivity contribution is -0.118. The standard InChI is InChI=1S/C19H29N3O2/c1-13(2)17(20)18(23)21-15-11-9-14(10-12-15)19(24)22(3)16-7-5-4-6-8-16/h9-13,16-17H,4-8,20H2,1-3H3,(H,21,23)/t17-/m0/s1. The van der Waals surface area contributed by atoms with Crippen LogP contribution in [-0.2, 0) is 4.79 Å². The Hall–Kier alpha value is -1.88. The fourth-order valence-corrected chi connectivity index (χ4v) is 3.06. The Morgan fingerprint density at radius 1 is 1.12 bits per heavy atom. The highest BCUT2D eigenvalue weighted by molar-refractivity contribution is 5.97. The first kappa shape index (κ1) is 18.5. The van der Waals surface area contributed by atoms with Crippen molar-refractivity contribution in [2.45, 2.75) is 58.0 Å². The second kappa shape index (κ2) is 8.29. The number of amides is 2. The molecular formula is C19H29N3O2. The van der Waals surface area contributed by atoms with Crippen LogP contribution in [0.2, 0.25) is 0 Å². The van der Waals surface area contributed by atoms with Crippen LogP contribution >= 0.6 is 0 Å². The molecule has 0 aromatic heterocycles. The lowest BCUT2D eigenvalue weighted by Crippen LogP contribution is -2.39. The Labute approximate surface area is 144 Å². The summed E-state index contributed by atoms with van der Waals surface area (Å²) in [6.07, 6.45) is 5.84. The fraction of sp³-hybridized carbons (Fsp3) is 0.579. The van der Waals surface area contributed by atoms with Crippen LogP contribution in [0, 0.1) is 5.92 Å². The summed E-state index contributed by atoms with van der Waals surface area (Å²) >= 11 is 0. The lowest BCUT2D eigenvalue weighted by atomic mass is 9.94. The third-order valence-electron chi connectivity index (χ3n) is 4.86. The third kappa shape index (κ3) is 4.57. The molecule has 1 saturated carbocycles. The van der Waals surface area contributed by atoms with Gasteiger partial charge in [-0.25, -0.2) is 0 Å². The van der Waals surface area contributed by atoms with E-state index in [0.29, 0.717) is 17.3 Å². The van der Waals surface area contributed by atoms with Gasteiger partial charge >= 0.3 is 0 Å². The fourth-order valence-electron chi connectivity index (χ4n) is 3.06. The van der Waals surface area contributed by atoms with Crippen molar-refractivity contribution in [3.8, 4) is 0 Å². The maximum absolute atomic E-state index is 12.6. The van der Waals surface area contributed by atoms with Crippen molar-refractivity contribution in [3.05, 3.63) is 29.8 Å². The second-order valence-corrected chi connectivity index (χ2v) is 7.04. The average molecular weight is 331 g/mol. The summed E-state index contributed by atoms with van der Waals surface area (Å²) in [7, 11) is 1.88. The van der Waals surface area contributed by atoms with Gasteiger partial charge in [-0.1, -0.05) is 33.1 Å². The SMILES string of the molecule is CC(C)[C@H](N)C(=O)Nc1ccc(C(=O)N(C)C2CCCCC2)cc1. The highest BCUT2D eigenvalue weighted by Crippen LogP contribution is 2.23. The molecule has 5 heteroatoms. The van der Waals surface area contributed by atoms with E-state index in [1.807, 2.05) is 25.8 Å². The van der Waals surface area contributed by atoms with Gasteiger partial charge in [-0.15, -0.1) is 0 Å². The maximum atomic E-state index is 12.6. The average Bonchev–Trinajstić information content (AvgIpc) is 2.61. The number of benzene rings is 1. The molecule has 1 fully saturated rings. The molecular weight excluding hydrogens is 302 g/mol. The first-order chi connectivity index (χ1) is 11.4. The molecule has 0 radical (unpaired) electrons. The molecule has 0 bridgehead atoms. The number of nitrogens with zero attached hydrogens (tertiary/aromatic N) is 1. The van der Waals surface area contributed by atoms with Crippen LogP contribution in [0.1, 0.15) is 56.3 Å². The molecule has 0 heterocycles. The maximum Gasteiger partial charge on any atom is 0.253 e. The molecule has 2 amide bonds. The molecule has 0 unspecified atom stereocenters. The summed E-state index contributed by atoms with van der Waals surface area (Å²) in [4.78, 5) is 26.4. The van der Waals surface area contributed by atoms with Gasteiger partial charge in [0, 0.05) is 24.3 Å². The minimum atomic E-state index is -0.538. The molecule has 1 aliphatic carbocycles. The molecule has 2 rings (SSSR count). The van der Waals surface area contributed by atoms with Crippen molar-refractivity contribution in [2.75, 3.05) is 12.4 Å². The van der Waals surface area contributed by atoms with Gasteiger partial charge in [0.1, 0.15) is 0 Å². The smallest absolute Gasteiger partial charge is 0.253 e. The summed E-state index contributed by atoms with van der Waals surface area (Å²) in [5.74, 6) is -0.0861. The van der Waals surface area contributed by atoms with E-state index in [2.05, 4.69) is 5.32 Å². The van der Waals surface area contributed by atoms with Crippen LogP contribution in [0.3, 0.4) is 0 Å². The summed E-state index contributed by atoms with van der Waals surface area (Å²) < 4.78 is 0. The van der Waals surface area contributed by atoms with E-state index in [-0.39, 0.29) is 17.7 Å². The minimum Gasteiger partial charge on any atom is -0.339 e. The van der Waals surface area contributed by atoms with Crippen LogP contribution in [-0.4, -0.2) is 35.8 Å². The van der Waals surface area contributed by atoms with Crippen molar-refractivity contribution in [1.82, 2.24) is 4.90 Å². The number of rotatable bonds is 5. The normalized spacial score (nSPS) is 16.7. The zero-order valence-corrected chi connectivity index (χ0v) is 14.9. The van der Waals surface area contributed by atoms with Crippen LogP contribution in [0.5, 0.6) is 0 Å². The molecule has 0 spiro atoms. The predicted octanol–water partition coefficient (Wildman–Crippen LogP) is 3.01. The monoisotopic (exact) mass is 331 g/mol. The Bertz CT molecular complexity index is 562. The summed E-state index contributed by atoms with van der Waals surface area (Å²) in [5.41, 5.74) is 7.14. The third-order valence-corrected chi connectivity index (χ3v) is 4.86. The molecule has 5 nitrogen and oxygen atoms in total. The van der Waals surface area contributed by atoms with Gasteiger partial charge in [0.2, 0.25) is 5.91 Å². The van der Waals surface area contributed by atoms with E-state index in [4.69, 9.17) is 5.73 Å². The topological polar surface area (TPSA) is 75.4 Å². The first-order valence-electron chi connectivity index (χ1n) is 8.84. The summed E-state index contributed by atoms with van der Waals surface area (Å²) in [6, 6.07) is 6.84. The van der Waals surface area contributed by atoms with Crippen molar-refractivity contribution < 1.29 is 9.59 Å². The number of hydrogen-bond donors (Lipinski definition) is 2. The van der Waals surface area contributed by atoms with Crippen LogP contribution < -0.4 is 11.1 Å². The quantitative estimate of drug-likeness (QED) is 0.871. The molecule has 1 aliphatic rings. The zero-order valence-electron chi connectivity index (χ0n) is 14.9. The van der Waals surface area contributed by atoms with Crippen molar-refractivity contribution in [1.29, 1.82) is 0 Å². The number of anilines is 1. The largest absolute Gasteiger partial charge is 0.339 e. The van der Waals surface area contributed by atoms with E-state index < -0.39 is 6.04 Å². The van der Waals surface area contributed by atoms with Gasteiger partial charge < -0.3 is 16.0 Å². The van der Waals surface area contributed by atoms with Crippen LogP contribution in [0.4, 0.5) is 5.69 Å². The van der Waals surface area contributed by atoms with E-state index in [0.717, 1.165) is 12.8 Å². The van der Waals surface area contributed by atoms with E-state index >= 15 is 0 Å². The van der Waals surface area contributed by atoms with Gasteiger partial charge in [-0.05, 0) is 43.0 Å². The number of hydrogen-bond acceptors (Lipinski definition) is 3. The van der Waals surface area contributed by atoms with Gasteiger partial charge in [0.25, 0.3) is 5.91 Å². The molecule has 0 saturated heterocycles. The first-order valence-corrected chi connectivity index (χ1v) is 8.84. The van der Waals surface area contributed by atoms with Crippen molar-refractivity contribution in [2.24, 2.45) is 11.7 Å². The molecule has 132 valence electrons. The minimum absolute atomic E-state index is 0.0404. The molecule has 1 aromatic rings. The molecule has 3 N–H and O–H groups in total. The number of carbonyl (C=O) groups excluding carboxylic acids is 2. The van der Waals surface area contributed by atoms with Gasteiger partial charge in [0.05, 0.1) is 6.04 Å². The Kier molecular flexibility index (Phi) is 6.37. The van der Waals surface area contributed by atoms with E-state index in [1.165, 1.54) is 19.3 Å². The number of carbonyl (C=O) groups is 2. The highest BCUT2D eigenvalue weighted by Gasteiger charge is 2.23. The van der Waals surface area contributed by atoms with E-state index in [1.54, 1.807) is 24.3 Å². The summed E-state index contributed by atoms with van der Waals surface area (Å²) in [5, 5.41) is 2.79. The summed E-state index contributed by atoms with van der Waals surface area (Å²) in [6.45, 7) is 3.82. The Morgan fingerprint density at radius 3 is 2.25 bits per heavy atom. The van der Waals surface area contributed by atoms with Crippen LogP contribution in [0.25, 0.3) is 0 Å². The van der Waals surface area contributed by atoms with Crippen LogP contribution in [0.15, 0.2) is 24.3 Å². The molecule has 0 aliphatic heterocycles. The number of nitrogens with one attached hydrogen (secondary N) is 1.